The summed E-state index contributed by atoms with van der Waals surface area (Å²) >= 11 is 6.02. The Balaban J connectivity index is 2.50. The van der Waals surface area contributed by atoms with E-state index < -0.39 is 5.92 Å². The van der Waals surface area contributed by atoms with Gasteiger partial charge in [-0.2, -0.15) is 0 Å². The smallest absolute Gasteiger partial charge is 0.321 e. The number of nitrogens with one attached hydrogen (secondary N) is 1. The number of halogens is 1. The summed E-state index contributed by atoms with van der Waals surface area (Å²) in [6.45, 7) is 2.06. The van der Waals surface area contributed by atoms with Gasteiger partial charge in [0.05, 0.1) is 6.61 Å². The summed E-state index contributed by atoms with van der Waals surface area (Å²) in [4.78, 5) is 12.3. The van der Waals surface area contributed by atoms with Gasteiger partial charge in [-0.3, -0.25) is 9.36 Å². The van der Waals surface area contributed by atoms with Crippen molar-refractivity contribution < 1.29 is 9.53 Å². The first-order valence-corrected chi connectivity index (χ1v) is 6.95. The third-order valence-corrected chi connectivity index (χ3v) is 3.33. The van der Waals surface area contributed by atoms with E-state index in [1.54, 1.807) is 43.8 Å². The van der Waals surface area contributed by atoms with Crippen molar-refractivity contribution in [3.8, 4) is 0 Å². The molecule has 0 saturated heterocycles. The van der Waals surface area contributed by atoms with Gasteiger partial charge in [-0.15, -0.1) is 10.2 Å². The minimum Gasteiger partial charge on any atom is -0.465 e. The Morgan fingerprint density at radius 3 is 2.81 bits per heavy atom. The number of hydrogen-bond acceptors (Lipinski definition) is 5. The van der Waals surface area contributed by atoms with Gasteiger partial charge in [0.15, 0.2) is 5.82 Å². The van der Waals surface area contributed by atoms with Crippen LogP contribution in [0.2, 0.25) is 5.02 Å². The molecule has 7 heteroatoms. The topological polar surface area (TPSA) is 69.0 Å². The number of rotatable bonds is 5. The first-order chi connectivity index (χ1) is 10.1. The molecule has 0 radical (unpaired) electrons. The lowest BCUT2D eigenvalue weighted by atomic mass is 9.98. The molecular weight excluding hydrogens is 292 g/mol. The van der Waals surface area contributed by atoms with E-state index in [0.29, 0.717) is 23.4 Å². The SMILES string of the molecule is CCOC(=O)C(c1cccc(Cl)c1)c1nnc(NC)n1C. The quantitative estimate of drug-likeness (QED) is 0.858. The van der Waals surface area contributed by atoms with Crippen LogP contribution in [0, 0.1) is 0 Å². The number of nitrogens with zero attached hydrogens (tertiary/aromatic N) is 3. The predicted octanol–water partition coefficient (Wildman–Crippen LogP) is 2.21. The molecule has 0 fully saturated rings. The summed E-state index contributed by atoms with van der Waals surface area (Å²) in [6, 6.07) is 7.10. The van der Waals surface area contributed by atoms with Crippen molar-refractivity contribution in [2.24, 2.45) is 7.05 Å². The predicted molar refractivity (Wildman–Crippen MR) is 80.5 cm³/mol. The molecule has 0 aliphatic heterocycles. The van der Waals surface area contributed by atoms with Gasteiger partial charge < -0.3 is 10.1 Å². The van der Waals surface area contributed by atoms with Gasteiger partial charge in [-0.1, -0.05) is 23.7 Å². The first kappa shape index (κ1) is 15.3. The average Bonchev–Trinajstić information content (AvgIpc) is 2.81. The third-order valence-electron chi connectivity index (χ3n) is 3.09. The molecule has 1 N–H and O–H groups in total. The van der Waals surface area contributed by atoms with Gasteiger partial charge in [0.1, 0.15) is 5.92 Å². The minimum absolute atomic E-state index is 0.298. The molecule has 0 aliphatic rings. The van der Waals surface area contributed by atoms with Crippen LogP contribution in [0.4, 0.5) is 5.95 Å². The lowest BCUT2D eigenvalue weighted by molar-refractivity contribution is -0.144. The third kappa shape index (κ3) is 3.16. The zero-order chi connectivity index (χ0) is 15.4. The molecule has 0 bridgehead atoms. The van der Waals surface area contributed by atoms with Crippen molar-refractivity contribution in [2.45, 2.75) is 12.8 Å². The Labute approximate surface area is 128 Å². The number of hydrogen-bond donors (Lipinski definition) is 1. The number of carbonyl (C=O) groups excluding carboxylic acids is 1. The lowest BCUT2D eigenvalue weighted by Gasteiger charge is -2.15. The Kier molecular flexibility index (Phi) is 4.80. The Bertz CT molecular complexity index is 642. The molecule has 2 aromatic rings. The zero-order valence-corrected chi connectivity index (χ0v) is 12.9. The van der Waals surface area contributed by atoms with E-state index in [-0.39, 0.29) is 5.97 Å². The van der Waals surface area contributed by atoms with Crippen molar-refractivity contribution >= 4 is 23.5 Å². The fourth-order valence-electron chi connectivity index (χ4n) is 2.11. The highest BCUT2D eigenvalue weighted by Crippen LogP contribution is 2.27. The minimum atomic E-state index is -0.664. The molecule has 1 unspecified atom stereocenters. The summed E-state index contributed by atoms with van der Waals surface area (Å²) in [7, 11) is 3.53. The number of ether oxygens (including phenoxy) is 1. The molecule has 1 aromatic heterocycles. The van der Waals surface area contributed by atoms with Gasteiger partial charge in [0.25, 0.3) is 0 Å². The average molecular weight is 309 g/mol. The van der Waals surface area contributed by atoms with Crippen molar-refractivity contribution in [2.75, 3.05) is 19.0 Å². The second kappa shape index (κ2) is 6.58. The molecule has 1 atom stereocenters. The fraction of sp³-hybridized carbons (Fsp3) is 0.357. The van der Waals surface area contributed by atoms with Gasteiger partial charge >= 0.3 is 5.97 Å². The fourth-order valence-corrected chi connectivity index (χ4v) is 2.31. The van der Waals surface area contributed by atoms with Crippen LogP contribution in [0.25, 0.3) is 0 Å². The summed E-state index contributed by atoms with van der Waals surface area (Å²) in [6.07, 6.45) is 0. The summed E-state index contributed by atoms with van der Waals surface area (Å²) in [5.74, 6) is 0.0302. The largest absolute Gasteiger partial charge is 0.465 e. The summed E-state index contributed by atoms with van der Waals surface area (Å²) in [5, 5.41) is 11.6. The zero-order valence-electron chi connectivity index (χ0n) is 12.1. The second-order valence-electron chi connectivity index (χ2n) is 4.43. The van der Waals surface area contributed by atoms with Gasteiger partial charge in [0, 0.05) is 19.1 Å². The molecular formula is C14H17ClN4O2. The maximum Gasteiger partial charge on any atom is 0.321 e. The standard InChI is InChI=1S/C14H17ClN4O2/c1-4-21-13(20)11(9-6-5-7-10(15)8-9)12-17-18-14(16-2)19(12)3/h5-8,11H,4H2,1-3H3,(H,16,18). The van der Waals surface area contributed by atoms with Crippen LogP contribution >= 0.6 is 11.6 Å². The van der Waals surface area contributed by atoms with Gasteiger partial charge in [0.2, 0.25) is 5.95 Å². The van der Waals surface area contributed by atoms with Crippen LogP contribution < -0.4 is 5.32 Å². The Hall–Kier alpha value is -2.08. The van der Waals surface area contributed by atoms with E-state index in [4.69, 9.17) is 16.3 Å². The van der Waals surface area contributed by atoms with Crippen molar-refractivity contribution in [3.63, 3.8) is 0 Å². The molecule has 0 spiro atoms. The molecule has 21 heavy (non-hydrogen) atoms. The van der Waals surface area contributed by atoms with Crippen LogP contribution in [0.15, 0.2) is 24.3 Å². The van der Waals surface area contributed by atoms with Crippen LogP contribution in [-0.4, -0.2) is 34.4 Å². The van der Waals surface area contributed by atoms with Crippen LogP contribution in [0.1, 0.15) is 24.2 Å². The first-order valence-electron chi connectivity index (χ1n) is 6.57. The maximum atomic E-state index is 12.3. The molecule has 1 aromatic carbocycles. The molecule has 1 heterocycles. The van der Waals surface area contributed by atoms with E-state index in [1.807, 2.05) is 6.07 Å². The molecule has 6 nitrogen and oxygen atoms in total. The van der Waals surface area contributed by atoms with E-state index >= 15 is 0 Å². The lowest BCUT2D eigenvalue weighted by Crippen LogP contribution is -2.21. The molecule has 2 rings (SSSR count). The number of anilines is 1. The Morgan fingerprint density at radius 2 is 2.24 bits per heavy atom. The second-order valence-corrected chi connectivity index (χ2v) is 4.87. The van der Waals surface area contributed by atoms with Gasteiger partial charge in [-0.05, 0) is 24.6 Å². The molecule has 0 amide bonds. The monoisotopic (exact) mass is 308 g/mol. The van der Waals surface area contributed by atoms with E-state index in [1.165, 1.54) is 0 Å². The van der Waals surface area contributed by atoms with Crippen molar-refractivity contribution in [1.82, 2.24) is 14.8 Å². The normalized spacial score (nSPS) is 12.0. The van der Waals surface area contributed by atoms with Crippen molar-refractivity contribution in [1.29, 1.82) is 0 Å². The summed E-state index contributed by atoms with van der Waals surface area (Å²) in [5.41, 5.74) is 0.721. The highest BCUT2D eigenvalue weighted by atomic mass is 35.5. The maximum absolute atomic E-state index is 12.3. The highest BCUT2D eigenvalue weighted by Gasteiger charge is 2.29. The van der Waals surface area contributed by atoms with Gasteiger partial charge in [-0.25, -0.2) is 0 Å². The van der Waals surface area contributed by atoms with Crippen molar-refractivity contribution in [3.05, 3.63) is 40.7 Å². The molecule has 112 valence electrons. The Morgan fingerprint density at radius 1 is 1.48 bits per heavy atom. The van der Waals surface area contributed by atoms with E-state index in [0.717, 1.165) is 5.56 Å². The van der Waals surface area contributed by atoms with Crippen LogP contribution in [-0.2, 0) is 16.6 Å². The van der Waals surface area contributed by atoms with Crippen LogP contribution in [0.5, 0.6) is 0 Å². The van der Waals surface area contributed by atoms with E-state index in [9.17, 15) is 4.79 Å². The number of benzene rings is 1. The number of esters is 1. The molecule has 0 aliphatic carbocycles. The summed E-state index contributed by atoms with van der Waals surface area (Å²) < 4.78 is 6.89. The number of carbonyl (C=O) groups is 1. The molecule has 0 saturated carbocycles. The highest BCUT2D eigenvalue weighted by molar-refractivity contribution is 6.30. The number of aromatic nitrogens is 3. The van der Waals surface area contributed by atoms with E-state index in [2.05, 4.69) is 15.5 Å². The van der Waals surface area contributed by atoms with Crippen LogP contribution in [0.3, 0.4) is 0 Å².